The van der Waals surface area contributed by atoms with Crippen molar-refractivity contribution >= 4 is 22.3 Å². The van der Waals surface area contributed by atoms with Crippen molar-refractivity contribution in [1.82, 2.24) is 0 Å². The Morgan fingerprint density at radius 2 is 1.77 bits per heavy atom. The Morgan fingerprint density at radius 1 is 1.08 bits per heavy atom. The summed E-state index contributed by atoms with van der Waals surface area (Å²) in [5.74, 6) is 0.552. The summed E-state index contributed by atoms with van der Waals surface area (Å²) < 4.78 is 24.8. The number of hydrogen-bond donors (Lipinski definition) is 3. The molecule has 1 aliphatic heterocycles. The summed E-state index contributed by atoms with van der Waals surface area (Å²) in [6.07, 6.45) is 2.31. The summed E-state index contributed by atoms with van der Waals surface area (Å²) in [5.41, 5.74) is 3.48. The molecule has 1 aliphatic carbocycles. The number of rotatable bonds is 4. The first-order valence-electron chi connectivity index (χ1n) is 8.95. The van der Waals surface area contributed by atoms with Gasteiger partial charge in [0, 0.05) is 13.6 Å². The monoisotopic (exact) mass is 374 g/mol. The zero-order valence-electron chi connectivity index (χ0n) is 15.4. The molecule has 6 heteroatoms. The van der Waals surface area contributed by atoms with Crippen LogP contribution >= 0.6 is 11.0 Å². The lowest BCUT2D eigenvalue weighted by Gasteiger charge is -2.42. The predicted octanol–water partition coefficient (Wildman–Crippen LogP) is 4.83. The molecule has 0 atom stereocenters. The van der Waals surface area contributed by atoms with Crippen molar-refractivity contribution in [3.05, 3.63) is 48.0 Å². The van der Waals surface area contributed by atoms with E-state index in [4.69, 9.17) is 0 Å². The Bertz CT molecular complexity index is 843. The lowest BCUT2D eigenvalue weighted by atomic mass is 9.89. The molecule has 1 saturated carbocycles. The predicted molar refractivity (Wildman–Crippen MR) is 108 cm³/mol. The fraction of sp³-hybridized carbons (Fsp3) is 0.400. The van der Waals surface area contributed by atoms with Gasteiger partial charge in [-0.25, -0.2) is 0 Å². The van der Waals surface area contributed by atoms with Gasteiger partial charge in [0.05, 0.1) is 17.0 Å². The average Bonchev–Trinajstić information content (AvgIpc) is 3.39. The Kier molecular flexibility index (Phi) is 4.00. The molecule has 0 radical (unpaired) electrons. The summed E-state index contributed by atoms with van der Waals surface area (Å²) in [6.45, 7) is 4.23. The molecule has 3 N–H and O–H groups in total. The Hall–Kier alpha value is -1.73. The zero-order chi connectivity index (χ0) is 18.7. The van der Waals surface area contributed by atoms with Crippen molar-refractivity contribution < 1.29 is 14.2 Å². The molecule has 0 bridgehead atoms. The van der Waals surface area contributed by atoms with Crippen LogP contribution in [0.15, 0.2) is 42.5 Å². The standard InChI is InChI=1S/C20H26N2O3S/c1-20(2,23)17-7-5-4-6-16(17)15-10-11-18-19(12-15)21(3)26(24,25)22(18)13-14-8-9-14/h4-7,10-12,14,23-25H,8-9,13H2,1-3H3. The molecule has 0 aromatic heterocycles. The first kappa shape index (κ1) is 17.7. The van der Waals surface area contributed by atoms with Crippen LogP contribution in [0.3, 0.4) is 0 Å². The van der Waals surface area contributed by atoms with Crippen LogP contribution in [0.2, 0.25) is 0 Å². The Balaban J connectivity index is 1.79. The van der Waals surface area contributed by atoms with Gasteiger partial charge >= 0.3 is 0 Å². The minimum Gasteiger partial charge on any atom is -0.386 e. The highest BCUT2D eigenvalue weighted by atomic mass is 32.3. The van der Waals surface area contributed by atoms with E-state index < -0.39 is 16.6 Å². The summed E-state index contributed by atoms with van der Waals surface area (Å²) >= 11 is 0. The van der Waals surface area contributed by atoms with E-state index in [1.807, 2.05) is 42.5 Å². The van der Waals surface area contributed by atoms with Crippen LogP contribution in [0, 0.1) is 5.92 Å². The van der Waals surface area contributed by atoms with E-state index in [2.05, 4.69) is 0 Å². The third-order valence-electron chi connectivity index (χ3n) is 5.26. The van der Waals surface area contributed by atoms with E-state index in [-0.39, 0.29) is 0 Å². The van der Waals surface area contributed by atoms with E-state index in [9.17, 15) is 14.2 Å². The second kappa shape index (κ2) is 5.89. The minimum atomic E-state index is -3.00. The van der Waals surface area contributed by atoms with Crippen LogP contribution in [0.1, 0.15) is 32.3 Å². The van der Waals surface area contributed by atoms with E-state index in [0.29, 0.717) is 12.5 Å². The van der Waals surface area contributed by atoms with Crippen molar-refractivity contribution in [3.63, 3.8) is 0 Å². The molecule has 1 fully saturated rings. The van der Waals surface area contributed by atoms with E-state index >= 15 is 0 Å². The first-order valence-corrected chi connectivity index (χ1v) is 10.4. The van der Waals surface area contributed by atoms with Crippen molar-refractivity contribution in [3.8, 4) is 11.1 Å². The molecule has 0 spiro atoms. The Labute approximate surface area is 156 Å². The Morgan fingerprint density at radius 3 is 2.42 bits per heavy atom. The van der Waals surface area contributed by atoms with Gasteiger partial charge in [-0.05, 0) is 72.4 Å². The number of nitrogens with zero attached hydrogens (tertiary/aromatic N) is 2. The smallest absolute Gasteiger partial charge is 0.0846 e. The molecular formula is C20H26N2O3S. The second-order valence-corrected chi connectivity index (χ2v) is 9.77. The molecule has 2 aromatic rings. The maximum atomic E-state index is 10.7. The van der Waals surface area contributed by atoms with Crippen molar-refractivity contribution in [2.24, 2.45) is 5.92 Å². The molecule has 0 saturated heterocycles. The molecule has 1 heterocycles. The van der Waals surface area contributed by atoms with Crippen LogP contribution in [0.25, 0.3) is 11.1 Å². The number of benzene rings is 2. The normalized spacial score (nSPS) is 20.2. The van der Waals surface area contributed by atoms with Gasteiger partial charge in [-0.1, -0.05) is 30.3 Å². The van der Waals surface area contributed by atoms with Gasteiger partial charge in [-0.2, -0.15) is 0 Å². The van der Waals surface area contributed by atoms with Crippen molar-refractivity contribution in [2.45, 2.75) is 32.3 Å². The van der Waals surface area contributed by atoms with Gasteiger partial charge in [0.25, 0.3) is 0 Å². The summed E-state index contributed by atoms with van der Waals surface area (Å²) in [5, 5.41) is 10.5. The summed E-state index contributed by atoms with van der Waals surface area (Å²) in [6, 6.07) is 13.7. The average molecular weight is 375 g/mol. The largest absolute Gasteiger partial charge is 0.386 e. The molecule has 2 aromatic carbocycles. The maximum Gasteiger partial charge on any atom is 0.0846 e. The molecule has 0 amide bonds. The second-order valence-electron chi connectivity index (χ2n) is 7.80. The summed E-state index contributed by atoms with van der Waals surface area (Å²) in [7, 11) is -1.27. The minimum absolute atomic E-state index is 0.552. The van der Waals surface area contributed by atoms with Crippen LogP contribution in [-0.4, -0.2) is 27.8 Å². The number of fused-ring (bicyclic) bond motifs is 1. The quantitative estimate of drug-likeness (QED) is 0.715. The fourth-order valence-corrected chi connectivity index (χ4v) is 5.10. The van der Waals surface area contributed by atoms with E-state index in [1.54, 1.807) is 29.5 Å². The third kappa shape index (κ3) is 2.87. The van der Waals surface area contributed by atoms with Crippen LogP contribution < -0.4 is 8.61 Å². The van der Waals surface area contributed by atoms with Gasteiger partial charge in [0.1, 0.15) is 0 Å². The summed E-state index contributed by atoms with van der Waals surface area (Å²) in [4.78, 5) is 0. The lowest BCUT2D eigenvalue weighted by molar-refractivity contribution is 0.0792. The highest BCUT2D eigenvalue weighted by molar-refractivity contribution is 8.26. The van der Waals surface area contributed by atoms with Gasteiger partial charge < -0.3 is 5.11 Å². The number of anilines is 2. The zero-order valence-corrected chi connectivity index (χ0v) is 16.2. The first-order chi connectivity index (χ1) is 12.2. The number of hydrogen-bond acceptors (Lipinski definition) is 5. The SMILES string of the molecule is CN1c2cc(-c3ccccc3C(C)(C)O)ccc2N(CC2CC2)S1(O)O. The topological polar surface area (TPSA) is 67.2 Å². The van der Waals surface area contributed by atoms with Crippen LogP contribution in [0.5, 0.6) is 0 Å². The highest BCUT2D eigenvalue weighted by Gasteiger charge is 2.41. The lowest BCUT2D eigenvalue weighted by Crippen LogP contribution is -2.32. The van der Waals surface area contributed by atoms with Crippen molar-refractivity contribution in [2.75, 3.05) is 22.2 Å². The van der Waals surface area contributed by atoms with Crippen LogP contribution in [-0.2, 0) is 5.60 Å². The molecule has 0 unspecified atom stereocenters. The van der Waals surface area contributed by atoms with Gasteiger partial charge in [-0.3, -0.25) is 17.7 Å². The number of aliphatic hydroxyl groups is 1. The molecule has 4 rings (SSSR count). The molecular weight excluding hydrogens is 348 g/mol. The third-order valence-corrected chi connectivity index (χ3v) is 7.13. The molecule has 5 nitrogen and oxygen atoms in total. The molecule has 140 valence electrons. The highest BCUT2D eigenvalue weighted by Crippen LogP contribution is 2.61. The van der Waals surface area contributed by atoms with Gasteiger partial charge in [0.15, 0.2) is 0 Å². The maximum absolute atomic E-state index is 10.7. The van der Waals surface area contributed by atoms with Crippen LogP contribution in [0.4, 0.5) is 11.4 Å². The van der Waals surface area contributed by atoms with E-state index in [1.165, 1.54) is 0 Å². The van der Waals surface area contributed by atoms with Crippen molar-refractivity contribution in [1.29, 1.82) is 0 Å². The van der Waals surface area contributed by atoms with Gasteiger partial charge in [-0.15, -0.1) is 0 Å². The fourth-order valence-electron chi connectivity index (χ4n) is 3.57. The van der Waals surface area contributed by atoms with Gasteiger partial charge in [0.2, 0.25) is 0 Å². The molecule has 2 aliphatic rings. The van der Waals surface area contributed by atoms with E-state index in [0.717, 1.165) is 40.9 Å². The molecule has 26 heavy (non-hydrogen) atoms.